The molecule has 0 atom stereocenters. The summed E-state index contributed by atoms with van der Waals surface area (Å²) in [5, 5.41) is 0. The summed E-state index contributed by atoms with van der Waals surface area (Å²) in [6.45, 7) is 12.0. The molecule has 0 fully saturated rings. The second kappa shape index (κ2) is 10.4. The van der Waals surface area contributed by atoms with Gasteiger partial charge in [-0.2, -0.15) is 13.7 Å². The smallest absolute Gasteiger partial charge is 0.193 e. The molecule has 0 radical (unpaired) electrons. The van der Waals surface area contributed by atoms with Crippen LogP contribution in [0.1, 0.15) is 47.4 Å². The van der Waals surface area contributed by atoms with Crippen molar-refractivity contribution in [2.24, 2.45) is 0 Å². The molecule has 0 N–H and O–H groups in total. The topological polar surface area (TPSA) is 11.6 Å². The lowest BCUT2D eigenvalue weighted by molar-refractivity contribution is -0.677. The molecule has 3 heterocycles. The third-order valence-corrected chi connectivity index (χ3v) is 9.05. The summed E-state index contributed by atoms with van der Waals surface area (Å²) in [7, 11) is 0. The van der Waals surface area contributed by atoms with Gasteiger partial charge in [-0.15, -0.1) is 0 Å². The predicted molar refractivity (Wildman–Crippen MR) is 172 cm³/mol. The highest BCUT2D eigenvalue weighted by Crippen LogP contribution is 2.48. The van der Waals surface area contributed by atoms with Gasteiger partial charge in [-0.1, -0.05) is 79.6 Å². The van der Waals surface area contributed by atoms with Crippen molar-refractivity contribution < 1.29 is 13.7 Å². The van der Waals surface area contributed by atoms with Gasteiger partial charge >= 0.3 is 0 Å². The van der Waals surface area contributed by atoms with E-state index < -0.39 is 0 Å². The average molecular weight is 561 g/mol. The van der Waals surface area contributed by atoms with Crippen LogP contribution in [0.15, 0.2) is 128 Å². The number of pyridine rings is 3. The Hall–Kier alpha value is -4.89. The van der Waals surface area contributed by atoms with Crippen LogP contribution in [0.4, 0.5) is 0 Å². The van der Waals surface area contributed by atoms with Crippen LogP contribution >= 0.6 is 0 Å². The van der Waals surface area contributed by atoms with Gasteiger partial charge < -0.3 is 0 Å². The maximum Gasteiger partial charge on any atom is 0.213 e. The molecular formula is C40H38N3+3. The first kappa shape index (κ1) is 27.0. The van der Waals surface area contributed by atoms with Gasteiger partial charge in [0.2, 0.25) is 17.1 Å². The van der Waals surface area contributed by atoms with Gasteiger partial charge in [-0.25, -0.2) is 0 Å². The molecule has 43 heavy (non-hydrogen) atoms. The van der Waals surface area contributed by atoms with E-state index in [4.69, 9.17) is 0 Å². The quantitative estimate of drug-likeness (QED) is 0.194. The number of nitrogens with zero attached hydrogens (tertiary/aromatic N) is 3. The zero-order valence-electron chi connectivity index (χ0n) is 25.7. The first-order chi connectivity index (χ1) is 20.8. The molecule has 0 aliphatic heterocycles. The summed E-state index contributed by atoms with van der Waals surface area (Å²) in [5.74, 6) is 0. The van der Waals surface area contributed by atoms with E-state index in [2.05, 4.69) is 176 Å². The summed E-state index contributed by atoms with van der Waals surface area (Å²) in [5.41, 5.74) is 15.1. The second-order valence-corrected chi connectivity index (χ2v) is 12.5. The fourth-order valence-corrected chi connectivity index (χ4v) is 6.48. The average Bonchev–Trinajstić information content (AvgIpc) is 3.22. The Morgan fingerprint density at radius 3 is 1.88 bits per heavy atom. The molecule has 1 aliphatic carbocycles. The lowest BCUT2D eigenvalue weighted by Gasteiger charge is -2.20. The number of aryl methyl sites for hydroxylation is 3. The molecule has 0 saturated heterocycles. The fourth-order valence-electron chi connectivity index (χ4n) is 6.48. The Kier molecular flexibility index (Phi) is 6.54. The molecule has 1 aliphatic rings. The van der Waals surface area contributed by atoms with Crippen LogP contribution in [-0.2, 0) is 12.0 Å². The maximum absolute atomic E-state index is 2.44. The summed E-state index contributed by atoms with van der Waals surface area (Å²) in [4.78, 5) is 0. The highest BCUT2D eigenvalue weighted by Gasteiger charge is 2.41. The van der Waals surface area contributed by atoms with Gasteiger partial charge in [0.05, 0.1) is 11.1 Å². The van der Waals surface area contributed by atoms with E-state index in [-0.39, 0.29) is 5.41 Å². The van der Waals surface area contributed by atoms with Crippen LogP contribution in [0.3, 0.4) is 0 Å². The minimum atomic E-state index is -0.137. The van der Waals surface area contributed by atoms with E-state index in [1.807, 2.05) is 0 Å². The zero-order chi connectivity index (χ0) is 29.7. The molecule has 0 saturated carbocycles. The largest absolute Gasteiger partial charge is 0.213 e. The fraction of sp³-hybridized carbons (Fsp3) is 0.175. The number of hydrogen-bond acceptors (Lipinski definition) is 0. The van der Waals surface area contributed by atoms with Crippen LogP contribution in [-0.4, -0.2) is 0 Å². The van der Waals surface area contributed by atoms with Crippen molar-refractivity contribution in [2.45, 2.75) is 46.6 Å². The summed E-state index contributed by atoms with van der Waals surface area (Å²) < 4.78 is 6.96. The van der Waals surface area contributed by atoms with Crippen LogP contribution in [0.2, 0.25) is 0 Å². The molecule has 7 rings (SSSR count). The second-order valence-electron chi connectivity index (χ2n) is 12.5. The highest BCUT2D eigenvalue weighted by molar-refractivity contribution is 5.80. The normalized spacial score (nSPS) is 13.0. The van der Waals surface area contributed by atoms with E-state index in [0.29, 0.717) is 0 Å². The Labute approximate surface area is 255 Å². The third-order valence-electron chi connectivity index (χ3n) is 9.05. The Balaban J connectivity index is 1.37. The molecule has 0 unspecified atom stereocenters. The summed E-state index contributed by atoms with van der Waals surface area (Å²) in [6.07, 6.45) is 9.10. The van der Waals surface area contributed by atoms with Crippen molar-refractivity contribution in [3.8, 4) is 33.8 Å². The molecule has 6 aromatic rings. The van der Waals surface area contributed by atoms with Gasteiger partial charge in [0, 0.05) is 77.6 Å². The number of benzene rings is 3. The molecule has 3 aromatic carbocycles. The number of hydrogen-bond donors (Lipinski definition) is 0. The lowest BCUT2D eigenvalue weighted by Crippen LogP contribution is -2.38. The van der Waals surface area contributed by atoms with E-state index >= 15 is 0 Å². The molecule has 0 bridgehead atoms. The molecule has 210 valence electrons. The third kappa shape index (κ3) is 4.85. The van der Waals surface area contributed by atoms with Gasteiger partial charge in [-0.05, 0) is 19.4 Å². The summed E-state index contributed by atoms with van der Waals surface area (Å²) >= 11 is 0. The van der Waals surface area contributed by atoms with E-state index in [9.17, 15) is 0 Å². The van der Waals surface area contributed by atoms with Gasteiger partial charge in [-0.3, -0.25) is 0 Å². The van der Waals surface area contributed by atoms with E-state index in [0.717, 1.165) is 12.2 Å². The van der Waals surface area contributed by atoms with Crippen molar-refractivity contribution >= 4 is 0 Å². The predicted octanol–water partition coefficient (Wildman–Crippen LogP) is 7.47. The standard InChI is InChI=1S/C40H38N3/c1-28-11-15-33(16-12-28)41-21-19-32(20-22-41)39-24-37-36(26-42(39)25-31-9-7-6-8-10-31)35-23-30(3)43(27-38(35)40(37,4)5)34-17-13-29(2)14-18-34/h6-24,26-27H,25H2,1-5H3/q+3. The van der Waals surface area contributed by atoms with Crippen molar-refractivity contribution in [2.75, 3.05) is 0 Å². The van der Waals surface area contributed by atoms with Gasteiger partial charge in [0.15, 0.2) is 37.0 Å². The molecular weight excluding hydrogens is 522 g/mol. The minimum Gasteiger partial charge on any atom is -0.193 e. The molecule has 3 aromatic heterocycles. The van der Waals surface area contributed by atoms with Crippen LogP contribution in [0, 0.1) is 20.8 Å². The molecule has 0 amide bonds. The lowest BCUT2D eigenvalue weighted by atomic mass is 9.82. The Morgan fingerprint density at radius 2 is 1.23 bits per heavy atom. The SMILES string of the molecule is Cc1ccc(-[n+]2ccc(-c3cc4c(c[n+]3Cc3ccccc3)-c3cc(C)[n+](-c5ccc(C)cc5)cc3C4(C)C)cc2)cc1. The first-order valence-corrected chi connectivity index (χ1v) is 15.1. The van der Waals surface area contributed by atoms with Crippen LogP contribution in [0.25, 0.3) is 33.8 Å². The van der Waals surface area contributed by atoms with Crippen molar-refractivity contribution in [3.05, 3.63) is 161 Å². The summed E-state index contributed by atoms with van der Waals surface area (Å²) in [6, 6.07) is 37.6. The molecule has 0 spiro atoms. The number of rotatable bonds is 5. The number of fused-ring (bicyclic) bond motifs is 3. The zero-order valence-corrected chi connectivity index (χ0v) is 25.7. The Bertz CT molecular complexity index is 1950. The Morgan fingerprint density at radius 1 is 0.605 bits per heavy atom. The number of aromatic nitrogens is 3. The van der Waals surface area contributed by atoms with Crippen LogP contribution < -0.4 is 13.7 Å². The van der Waals surface area contributed by atoms with Gasteiger partial charge in [0.25, 0.3) is 0 Å². The highest BCUT2D eigenvalue weighted by atomic mass is 15.0. The molecule has 3 nitrogen and oxygen atoms in total. The first-order valence-electron chi connectivity index (χ1n) is 15.1. The van der Waals surface area contributed by atoms with E-state index in [1.165, 1.54) is 61.6 Å². The van der Waals surface area contributed by atoms with Crippen molar-refractivity contribution in [3.63, 3.8) is 0 Å². The maximum atomic E-state index is 2.44. The van der Waals surface area contributed by atoms with Crippen molar-refractivity contribution in [1.82, 2.24) is 0 Å². The minimum absolute atomic E-state index is 0.137. The monoisotopic (exact) mass is 560 g/mol. The molecule has 3 heteroatoms. The van der Waals surface area contributed by atoms with Gasteiger partial charge in [0.1, 0.15) is 0 Å². The van der Waals surface area contributed by atoms with Crippen molar-refractivity contribution in [1.29, 1.82) is 0 Å². The van der Waals surface area contributed by atoms with E-state index in [1.54, 1.807) is 0 Å². The van der Waals surface area contributed by atoms with Crippen LogP contribution in [0.5, 0.6) is 0 Å².